The number of hydrogen-bond donors (Lipinski definition) is 2. The summed E-state index contributed by atoms with van der Waals surface area (Å²) in [5.41, 5.74) is 3.42. The Morgan fingerprint density at radius 1 is 1.17 bits per heavy atom. The largest absolute Gasteiger partial charge is 0.435 e. The molecular formula is C20H21F2N5O2S. The second kappa shape index (κ2) is 9.12. The number of ether oxygens (including phenoxy) is 1. The van der Waals surface area contributed by atoms with Crippen LogP contribution < -0.4 is 15.9 Å². The van der Waals surface area contributed by atoms with Gasteiger partial charge >= 0.3 is 6.61 Å². The fraction of sp³-hybridized carbons (Fsp3) is 0.250. The number of benzene rings is 2. The number of amides is 1. The van der Waals surface area contributed by atoms with Gasteiger partial charge in [0.15, 0.2) is 5.82 Å². The topological polar surface area (TPSA) is 95.1 Å². The molecule has 0 spiro atoms. The monoisotopic (exact) mass is 433 g/mol. The first-order chi connectivity index (χ1) is 14.2. The predicted octanol–water partition coefficient (Wildman–Crippen LogP) is 4.00. The zero-order chi connectivity index (χ0) is 21.8. The maximum atomic E-state index is 12.6. The number of alkyl halides is 2. The van der Waals surface area contributed by atoms with E-state index in [1.54, 1.807) is 19.1 Å². The minimum atomic E-state index is -2.90. The second-order valence-corrected chi connectivity index (χ2v) is 7.95. The van der Waals surface area contributed by atoms with Crippen molar-refractivity contribution in [2.45, 2.75) is 37.8 Å². The Hall–Kier alpha value is -3.14. The van der Waals surface area contributed by atoms with Gasteiger partial charge in [-0.05, 0) is 56.7 Å². The fourth-order valence-corrected chi connectivity index (χ4v) is 3.51. The van der Waals surface area contributed by atoms with Gasteiger partial charge in [-0.1, -0.05) is 29.5 Å². The zero-order valence-electron chi connectivity index (χ0n) is 16.6. The molecule has 1 unspecified atom stereocenters. The van der Waals surface area contributed by atoms with E-state index in [1.807, 2.05) is 32.0 Å². The smallest absolute Gasteiger partial charge is 0.387 e. The number of aromatic nitrogens is 3. The van der Waals surface area contributed by atoms with Gasteiger partial charge in [-0.15, -0.1) is 10.2 Å². The van der Waals surface area contributed by atoms with E-state index in [4.69, 9.17) is 5.84 Å². The molecule has 0 radical (unpaired) electrons. The summed E-state index contributed by atoms with van der Waals surface area (Å²) in [4.78, 5) is 12.6. The SMILES string of the molecule is Cc1ccc(NC(=O)C(C)Sc2nnc(-c3ccc(OC(F)F)cc3)n2N)c(C)c1. The molecule has 0 fully saturated rings. The van der Waals surface area contributed by atoms with E-state index in [-0.39, 0.29) is 11.7 Å². The van der Waals surface area contributed by atoms with E-state index in [0.29, 0.717) is 16.5 Å². The van der Waals surface area contributed by atoms with Crippen molar-refractivity contribution in [2.75, 3.05) is 11.2 Å². The van der Waals surface area contributed by atoms with E-state index in [2.05, 4.69) is 20.3 Å². The van der Waals surface area contributed by atoms with E-state index >= 15 is 0 Å². The second-order valence-electron chi connectivity index (χ2n) is 6.65. The molecule has 1 heterocycles. The first kappa shape index (κ1) is 21.6. The average Bonchev–Trinajstić information content (AvgIpc) is 3.04. The van der Waals surface area contributed by atoms with Gasteiger partial charge in [0.1, 0.15) is 5.75 Å². The van der Waals surface area contributed by atoms with Crippen LogP contribution in [0.15, 0.2) is 47.6 Å². The lowest BCUT2D eigenvalue weighted by atomic mass is 10.1. The number of nitrogens with zero attached hydrogens (tertiary/aromatic N) is 3. The Morgan fingerprint density at radius 2 is 1.87 bits per heavy atom. The Balaban J connectivity index is 1.68. The van der Waals surface area contributed by atoms with E-state index in [9.17, 15) is 13.6 Å². The van der Waals surface area contributed by atoms with Crippen molar-refractivity contribution in [3.63, 3.8) is 0 Å². The molecule has 0 bridgehead atoms. The zero-order valence-corrected chi connectivity index (χ0v) is 17.4. The molecule has 1 aromatic heterocycles. The third-order valence-electron chi connectivity index (χ3n) is 4.29. The molecule has 0 aliphatic carbocycles. The number of carbonyl (C=O) groups excluding carboxylic acids is 1. The summed E-state index contributed by atoms with van der Waals surface area (Å²) in [6.07, 6.45) is 0. The van der Waals surface area contributed by atoms with Gasteiger partial charge in [0, 0.05) is 11.3 Å². The van der Waals surface area contributed by atoms with Crippen LogP contribution in [0.2, 0.25) is 0 Å². The van der Waals surface area contributed by atoms with Gasteiger partial charge in [0.05, 0.1) is 5.25 Å². The van der Waals surface area contributed by atoms with Gasteiger partial charge in [-0.25, -0.2) is 4.68 Å². The first-order valence-corrected chi connectivity index (χ1v) is 9.93. The van der Waals surface area contributed by atoms with Crippen LogP contribution in [0.4, 0.5) is 14.5 Å². The number of aryl methyl sites for hydroxylation is 2. The molecule has 1 amide bonds. The van der Waals surface area contributed by atoms with Crippen LogP contribution in [0.5, 0.6) is 5.75 Å². The van der Waals surface area contributed by atoms with Crippen LogP contribution >= 0.6 is 11.8 Å². The lowest BCUT2D eigenvalue weighted by Crippen LogP contribution is -2.24. The molecule has 3 rings (SSSR count). The van der Waals surface area contributed by atoms with E-state index in [0.717, 1.165) is 28.6 Å². The molecule has 0 saturated heterocycles. The average molecular weight is 433 g/mol. The van der Waals surface area contributed by atoms with Crippen molar-refractivity contribution >= 4 is 23.4 Å². The van der Waals surface area contributed by atoms with Gasteiger partial charge in [-0.3, -0.25) is 4.79 Å². The van der Waals surface area contributed by atoms with Crippen LogP contribution in [-0.4, -0.2) is 32.6 Å². The Labute approximate surface area is 176 Å². The summed E-state index contributed by atoms with van der Waals surface area (Å²) in [5, 5.41) is 10.9. The third-order valence-corrected chi connectivity index (χ3v) is 5.35. The minimum absolute atomic E-state index is 0.0307. The standard InChI is InChI=1S/C20H21F2N5O2S/c1-11-4-9-16(12(2)10-11)24-18(28)13(3)30-20-26-25-17(27(20)23)14-5-7-15(8-6-14)29-19(21)22/h4-10,13,19H,23H2,1-3H3,(H,24,28). The van der Waals surface area contributed by atoms with Crippen LogP contribution in [0.1, 0.15) is 18.1 Å². The Morgan fingerprint density at radius 3 is 2.50 bits per heavy atom. The van der Waals surface area contributed by atoms with Crippen molar-refractivity contribution < 1.29 is 18.3 Å². The van der Waals surface area contributed by atoms with Crippen LogP contribution in [-0.2, 0) is 4.79 Å². The number of anilines is 1. The fourth-order valence-electron chi connectivity index (χ4n) is 2.74. The number of nitrogens with one attached hydrogen (secondary N) is 1. The molecule has 1 atom stereocenters. The minimum Gasteiger partial charge on any atom is -0.435 e. The van der Waals surface area contributed by atoms with Crippen molar-refractivity contribution in [3.05, 3.63) is 53.6 Å². The highest BCUT2D eigenvalue weighted by molar-refractivity contribution is 8.00. The third kappa shape index (κ3) is 5.07. The lowest BCUT2D eigenvalue weighted by Gasteiger charge is -2.13. The van der Waals surface area contributed by atoms with Gasteiger partial charge in [0.25, 0.3) is 0 Å². The van der Waals surface area contributed by atoms with Gasteiger partial charge in [0.2, 0.25) is 11.1 Å². The molecule has 0 saturated carbocycles. The Kier molecular flexibility index (Phi) is 6.56. The van der Waals surface area contributed by atoms with Crippen molar-refractivity contribution in [1.29, 1.82) is 0 Å². The maximum Gasteiger partial charge on any atom is 0.387 e. The highest BCUT2D eigenvalue weighted by Gasteiger charge is 2.20. The van der Waals surface area contributed by atoms with Crippen molar-refractivity contribution in [3.8, 4) is 17.1 Å². The van der Waals surface area contributed by atoms with Crippen molar-refractivity contribution in [2.24, 2.45) is 0 Å². The number of nitrogen functional groups attached to an aromatic ring is 1. The highest BCUT2D eigenvalue weighted by atomic mass is 32.2. The van der Waals surface area contributed by atoms with E-state index < -0.39 is 11.9 Å². The molecule has 3 N–H and O–H groups in total. The molecule has 2 aromatic carbocycles. The quantitative estimate of drug-likeness (QED) is 0.432. The Bertz CT molecular complexity index is 1040. The van der Waals surface area contributed by atoms with Gasteiger partial charge in [-0.2, -0.15) is 8.78 Å². The lowest BCUT2D eigenvalue weighted by molar-refractivity contribution is -0.115. The summed E-state index contributed by atoms with van der Waals surface area (Å²) in [6, 6.07) is 11.7. The summed E-state index contributed by atoms with van der Waals surface area (Å²) in [6.45, 7) is 2.77. The number of hydrogen-bond acceptors (Lipinski definition) is 6. The number of halogens is 2. The maximum absolute atomic E-state index is 12.6. The number of thioether (sulfide) groups is 1. The van der Waals surface area contributed by atoms with Crippen molar-refractivity contribution in [1.82, 2.24) is 14.9 Å². The molecule has 0 aliphatic heterocycles. The van der Waals surface area contributed by atoms with E-state index in [1.165, 1.54) is 16.8 Å². The molecule has 0 aliphatic rings. The van der Waals surface area contributed by atoms with Crippen LogP contribution in [0, 0.1) is 13.8 Å². The normalized spacial score (nSPS) is 12.1. The highest BCUT2D eigenvalue weighted by Crippen LogP contribution is 2.27. The number of nitrogens with two attached hydrogens (primary N) is 1. The summed E-state index contributed by atoms with van der Waals surface area (Å²) in [7, 11) is 0. The summed E-state index contributed by atoms with van der Waals surface area (Å²) < 4.78 is 30.1. The summed E-state index contributed by atoms with van der Waals surface area (Å²) in [5.74, 6) is 6.26. The molecular weight excluding hydrogens is 412 g/mol. The first-order valence-electron chi connectivity index (χ1n) is 9.05. The number of carbonyl (C=O) groups is 1. The van der Waals surface area contributed by atoms with Crippen LogP contribution in [0.25, 0.3) is 11.4 Å². The van der Waals surface area contributed by atoms with Gasteiger partial charge < -0.3 is 15.9 Å². The van der Waals surface area contributed by atoms with Crippen LogP contribution in [0.3, 0.4) is 0 Å². The predicted molar refractivity (Wildman–Crippen MR) is 112 cm³/mol. The molecule has 158 valence electrons. The summed E-state index contributed by atoms with van der Waals surface area (Å²) >= 11 is 1.16. The number of rotatable bonds is 7. The molecule has 3 aromatic rings. The molecule has 30 heavy (non-hydrogen) atoms. The molecule has 7 nitrogen and oxygen atoms in total. The molecule has 10 heteroatoms.